The van der Waals surface area contributed by atoms with Crippen LogP contribution in [0.1, 0.15) is 5.69 Å². The number of aromatic nitrogens is 1. The van der Waals surface area contributed by atoms with Gasteiger partial charge in [-0.1, -0.05) is 6.07 Å². The van der Waals surface area contributed by atoms with Crippen molar-refractivity contribution in [3.8, 4) is 0 Å². The molecule has 0 aliphatic carbocycles. The highest BCUT2D eigenvalue weighted by Gasteiger charge is 2.16. The Labute approximate surface area is 99.9 Å². The summed E-state index contributed by atoms with van der Waals surface area (Å²) < 4.78 is 31.6. The largest absolute Gasteiger partial charge is 0.393 e. The number of rotatable bonds is 6. The van der Waals surface area contributed by atoms with Gasteiger partial charge in [-0.25, -0.2) is 0 Å². The summed E-state index contributed by atoms with van der Waals surface area (Å²) in [6.07, 6.45) is 0.933. The Morgan fingerprint density at radius 2 is 2.06 bits per heavy atom. The molecule has 96 valence electrons. The Bertz CT molecular complexity index is 460. The molecular weight excluding hydrogens is 246 g/mol. The summed E-state index contributed by atoms with van der Waals surface area (Å²) >= 11 is 0. The maximum atomic E-state index is 10.7. The molecule has 0 aromatic carbocycles. The van der Waals surface area contributed by atoms with Gasteiger partial charge < -0.3 is 10.2 Å². The van der Waals surface area contributed by atoms with E-state index in [1.54, 1.807) is 29.0 Å². The van der Waals surface area contributed by atoms with E-state index in [-0.39, 0.29) is 25.3 Å². The third-order valence-electron chi connectivity index (χ3n) is 2.27. The molecule has 0 aliphatic rings. The summed E-state index contributed by atoms with van der Waals surface area (Å²) in [7, 11) is -4.00. The van der Waals surface area contributed by atoms with Crippen molar-refractivity contribution >= 4 is 10.1 Å². The summed E-state index contributed by atoms with van der Waals surface area (Å²) in [5.74, 6) is -0.369. The van der Waals surface area contributed by atoms with Crippen molar-refractivity contribution in [2.45, 2.75) is 19.1 Å². The van der Waals surface area contributed by atoms with Crippen LogP contribution in [0.25, 0.3) is 0 Å². The third-order valence-corrected chi connectivity index (χ3v) is 2.99. The molecule has 1 heterocycles. The molecule has 3 N–H and O–H groups in total. The Kier molecular flexibility index (Phi) is 5.01. The Morgan fingerprint density at radius 1 is 1.35 bits per heavy atom. The van der Waals surface area contributed by atoms with Crippen LogP contribution in [0.3, 0.4) is 0 Å². The van der Waals surface area contributed by atoms with Crippen LogP contribution in [-0.2, 0) is 23.1 Å². The quantitative estimate of drug-likeness (QED) is 0.440. The number of nitrogens with zero attached hydrogens (tertiary/aromatic N) is 1. The SMILES string of the molecule is O=S(=O)(O)CCc1cccc[n+]1CC(O)CO. The van der Waals surface area contributed by atoms with Gasteiger partial charge in [0.1, 0.15) is 6.10 Å². The average molecular weight is 262 g/mol. The number of aryl methyl sites for hydroxylation is 1. The van der Waals surface area contributed by atoms with E-state index in [9.17, 15) is 13.5 Å². The van der Waals surface area contributed by atoms with Crippen LogP contribution in [0.15, 0.2) is 24.4 Å². The lowest BCUT2D eigenvalue weighted by atomic mass is 10.2. The van der Waals surface area contributed by atoms with Crippen LogP contribution in [0.4, 0.5) is 0 Å². The van der Waals surface area contributed by atoms with Gasteiger partial charge in [0, 0.05) is 18.6 Å². The van der Waals surface area contributed by atoms with E-state index in [4.69, 9.17) is 9.66 Å². The molecule has 17 heavy (non-hydrogen) atoms. The first-order chi connectivity index (χ1) is 7.92. The summed E-state index contributed by atoms with van der Waals surface area (Å²) in [6.45, 7) is -0.183. The minimum atomic E-state index is -4.00. The summed E-state index contributed by atoms with van der Waals surface area (Å²) in [5.41, 5.74) is 0.664. The number of hydrogen-bond acceptors (Lipinski definition) is 4. The van der Waals surface area contributed by atoms with Crippen molar-refractivity contribution in [2.75, 3.05) is 12.4 Å². The maximum Gasteiger partial charge on any atom is 0.265 e. The standard InChI is InChI=1S/C10H15NO5S/c12-8-10(13)7-11-5-2-1-3-9(11)4-6-17(14,15)16/h1-3,5,10,12-13H,4,6-8H2/p+1. The highest BCUT2D eigenvalue weighted by molar-refractivity contribution is 7.85. The first-order valence-electron chi connectivity index (χ1n) is 5.14. The first kappa shape index (κ1) is 14.0. The van der Waals surface area contributed by atoms with Gasteiger partial charge in [0.15, 0.2) is 18.4 Å². The topological polar surface area (TPSA) is 98.7 Å². The van der Waals surface area contributed by atoms with E-state index in [1.165, 1.54) is 0 Å². The van der Waals surface area contributed by atoms with E-state index >= 15 is 0 Å². The molecular formula is C10H16NO5S+. The fourth-order valence-corrected chi connectivity index (χ4v) is 1.90. The zero-order chi connectivity index (χ0) is 12.9. The molecule has 1 atom stereocenters. The lowest BCUT2D eigenvalue weighted by molar-refractivity contribution is -0.710. The zero-order valence-corrected chi connectivity index (χ0v) is 10.0. The normalized spacial score (nSPS) is 13.6. The second-order valence-electron chi connectivity index (χ2n) is 3.72. The maximum absolute atomic E-state index is 10.7. The van der Waals surface area contributed by atoms with Crippen LogP contribution < -0.4 is 4.57 Å². The summed E-state index contributed by atoms with van der Waals surface area (Å²) in [4.78, 5) is 0. The van der Waals surface area contributed by atoms with Crippen molar-refractivity contribution < 1.29 is 27.8 Å². The second-order valence-corrected chi connectivity index (χ2v) is 5.29. The summed E-state index contributed by atoms with van der Waals surface area (Å²) in [5, 5.41) is 18.1. The van der Waals surface area contributed by atoms with E-state index in [2.05, 4.69) is 0 Å². The molecule has 0 fully saturated rings. The number of aliphatic hydroxyl groups is 2. The lowest BCUT2D eigenvalue weighted by Gasteiger charge is -2.06. The van der Waals surface area contributed by atoms with Gasteiger partial charge in [-0.05, 0) is 0 Å². The number of pyridine rings is 1. The van der Waals surface area contributed by atoms with Crippen LogP contribution >= 0.6 is 0 Å². The first-order valence-corrected chi connectivity index (χ1v) is 6.74. The van der Waals surface area contributed by atoms with Crippen molar-refractivity contribution in [1.29, 1.82) is 0 Å². The van der Waals surface area contributed by atoms with Gasteiger partial charge in [-0.3, -0.25) is 4.55 Å². The minimum absolute atomic E-state index is 0.151. The van der Waals surface area contributed by atoms with Crippen LogP contribution in [0.5, 0.6) is 0 Å². The minimum Gasteiger partial charge on any atom is -0.393 e. The smallest absolute Gasteiger partial charge is 0.265 e. The molecule has 0 saturated carbocycles. The van der Waals surface area contributed by atoms with Crippen LogP contribution in [0, 0.1) is 0 Å². The van der Waals surface area contributed by atoms with Gasteiger partial charge in [-0.15, -0.1) is 0 Å². The van der Waals surface area contributed by atoms with Gasteiger partial charge >= 0.3 is 0 Å². The second kappa shape index (κ2) is 6.06. The molecule has 1 aromatic heterocycles. The van der Waals surface area contributed by atoms with Crippen LogP contribution in [-0.4, -0.2) is 41.6 Å². The molecule has 0 amide bonds. The average Bonchev–Trinajstić information content (AvgIpc) is 2.26. The molecule has 0 radical (unpaired) electrons. The highest BCUT2D eigenvalue weighted by Crippen LogP contribution is 1.97. The predicted octanol–water partition coefficient (Wildman–Crippen LogP) is -1.24. The molecule has 1 unspecified atom stereocenters. The molecule has 1 aromatic rings. The molecule has 6 nitrogen and oxygen atoms in total. The molecule has 7 heteroatoms. The highest BCUT2D eigenvalue weighted by atomic mass is 32.2. The van der Waals surface area contributed by atoms with Gasteiger partial charge in [0.25, 0.3) is 10.1 Å². The van der Waals surface area contributed by atoms with E-state index < -0.39 is 16.2 Å². The number of hydrogen-bond donors (Lipinski definition) is 3. The number of aliphatic hydroxyl groups excluding tert-OH is 2. The molecule has 0 spiro atoms. The molecule has 0 saturated heterocycles. The van der Waals surface area contributed by atoms with Crippen molar-refractivity contribution in [3.05, 3.63) is 30.1 Å². The monoisotopic (exact) mass is 262 g/mol. The Hall–Kier alpha value is -1.02. The fourth-order valence-electron chi connectivity index (χ4n) is 1.44. The van der Waals surface area contributed by atoms with Gasteiger partial charge in [0.2, 0.25) is 0 Å². The van der Waals surface area contributed by atoms with Crippen LogP contribution in [0.2, 0.25) is 0 Å². The predicted molar refractivity (Wildman–Crippen MR) is 59.8 cm³/mol. The molecule has 0 bridgehead atoms. The van der Waals surface area contributed by atoms with Crippen molar-refractivity contribution in [2.24, 2.45) is 0 Å². The fraction of sp³-hybridized carbons (Fsp3) is 0.500. The zero-order valence-electron chi connectivity index (χ0n) is 9.23. The van der Waals surface area contributed by atoms with Crippen molar-refractivity contribution in [1.82, 2.24) is 0 Å². The Balaban J connectivity index is 2.77. The van der Waals surface area contributed by atoms with Gasteiger partial charge in [-0.2, -0.15) is 13.0 Å². The van der Waals surface area contributed by atoms with E-state index in [0.29, 0.717) is 5.69 Å². The third kappa shape index (κ3) is 5.22. The van der Waals surface area contributed by atoms with E-state index in [0.717, 1.165) is 0 Å². The van der Waals surface area contributed by atoms with Crippen molar-refractivity contribution in [3.63, 3.8) is 0 Å². The van der Waals surface area contributed by atoms with Gasteiger partial charge in [0.05, 0.1) is 12.4 Å². The molecule has 1 rings (SSSR count). The summed E-state index contributed by atoms with van der Waals surface area (Å²) in [6, 6.07) is 5.18. The Morgan fingerprint density at radius 3 is 2.65 bits per heavy atom. The molecule has 0 aliphatic heterocycles. The lowest BCUT2D eigenvalue weighted by Crippen LogP contribution is -2.44. The van der Waals surface area contributed by atoms with E-state index in [1.807, 2.05) is 0 Å².